The number of hydrogen-bond donors (Lipinski definition) is 2. The van der Waals surface area contributed by atoms with Crippen molar-refractivity contribution in [2.75, 3.05) is 12.4 Å². The molecule has 140 valence electrons. The summed E-state index contributed by atoms with van der Waals surface area (Å²) in [7, 11) is -2.53. The summed E-state index contributed by atoms with van der Waals surface area (Å²) >= 11 is 6.76. The molecular formula is C17H13ClN2O5S2. The summed E-state index contributed by atoms with van der Waals surface area (Å²) in [5.74, 6) is -0.477. The number of sulfone groups is 1. The Bertz CT molecular complexity index is 1110. The van der Waals surface area contributed by atoms with Crippen molar-refractivity contribution in [2.24, 2.45) is 0 Å². The zero-order valence-corrected chi connectivity index (χ0v) is 16.2. The summed E-state index contributed by atoms with van der Waals surface area (Å²) in [5.41, 5.74) is 0.196. The van der Waals surface area contributed by atoms with Crippen LogP contribution in [0, 0.1) is 0 Å². The summed E-state index contributed by atoms with van der Waals surface area (Å²) in [6.07, 6.45) is 0. The average molecular weight is 425 g/mol. The number of phenolic OH excluding ortho intramolecular Hbond substituents is 1. The zero-order chi connectivity index (χ0) is 19.6. The van der Waals surface area contributed by atoms with E-state index < -0.39 is 15.7 Å². The maximum absolute atomic E-state index is 12.8. The Hall–Kier alpha value is -2.62. The number of thiazole rings is 1. The highest BCUT2D eigenvalue weighted by Gasteiger charge is 2.25. The molecule has 0 aliphatic rings. The lowest BCUT2D eigenvalue weighted by Gasteiger charge is -2.07. The Kier molecular flexibility index (Phi) is 5.36. The van der Waals surface area contributed by atoms with Crippen LogP contribution in [0.1, 0.15) is 10.4 Å². The molecule has 7 nitrogen and oxygen atoms in total. The quantitative estimate of drug-likeness (QED) is 0.648. The molecule has 2 aromatic carbocycles. The normalized spacial score (nSPS) is 11.2. The molecule has 0 saturated carbocycles. The van der Waals surface area contributed by atoms with E-state index in [0.29, 0.717) is 0 Å². The summed E-state index contributed by atoms with van der Waals surface area (Å²) < 4.78 is 30.6. The topological polar surface area (TPSA) is 106 Å². The number of anilines is 1. The van der Waals surface area contributed by atoms with Gasteiger partial charge in [0.15, 0.2) is 10.2 Å². The predicted octanol–water partition coefficient (Wildman–Crippen LogP) is 3.60. The first-order chi connectivity index (χ1) is 12.8. The van der Waals surface area contributed by atoms with Gasteiger partial charge in [0.25, 0.3) is 5.91 Å². The van der Waals surface area contributed by atoms with Gasteiger partial charge >= 0.3 is 0 Å². The van der Waals surface area contributed by atoms with Gasteiger partial charge in [-0.25, -0.2) is 13.4 Å². The number of phenols is 1. The molecule has 0 atom stereocenters. The molecular weight excluding hydrogens is 412 g/mol. The maximum Gasteiger partial charge on any atom is 0.257 e. The van der Waals surface area contributed by atoms with E-state index in [1.807, 2.05) is 0 Å². The van der Waals surface area contributed by atoms with Crippen molar-refractivity contribution < 1.29 is 23.1 Å². The molecule has 1 heterocycles. The molecule has 2 N–H and O–H groups in total. The minimum absolute atomic E-state index is 0.0130. The van der Waals surface area contributed by atoms with Crippen LogP contribution in [0.25, 0.3) is 0 Å². The molecule has 0 spiro atoms. The van der Waals surface area contributed by atoms with Gasteiger partial charge in [-0.2, -0.15) is 0 Å². The highest BCUT2D eigenvalue weighted by atomic mass is 35.5. The van der Waals surface area contributed by atoms with Crippen molar-refractivity contribution in [1.29, 1.82) is 0 Å². The molecule has 1 amide bonds. The lowest BCUT2D eigenvalue weighted by atomic mass is 10.2. The van der Waals surface area contributed by atoms with Gasteiger partial charge in [0.2, 0.25) is 9.84 Å². The molecule has 0 aliphatic heterocycles. The van der Waals surface area contributed by atoms with Gasteiger partial charge in [-0.1, -0.05) is 23.7 Å². The van der Waals surface area contributed by atoms with E-state index in [1.165, 1.54) is 42.8 Å². The van der Waals surface area contributed by atoms with Gasteiger partial charge in [-0.05, 0) is 30.3 Å². The van der Waals surface area contributed by atoms with Crippen LogP contribution in [0.5, 0.6) is 11.5 Å². The van der Waals surface area contributed by atoms with E-state index in [-0.39, 0.29) is 37.1 Å². The fourth-order valence-electron chi connectivity index (χ4n) is 2.21. The van der Waals surface area contributed by atoms with Crippen molar-refractivity contribution in [3.05, 3.63) is 58.4 Å². The van der Waals surface area contributed by atoms with E-state index >= 15 is 0 Å². The molecule has 10 heteroatoms. The van der Waals surface area contributed by atoms with E-state index in [0.717, 1.165) is 11.3 Å². The van der Waals surface area contributed by atoms with Gasteiger partial charge in [-0.15, -0.1) is 11.3 Å². The third kappa shape index (κ3) is 3.90. The van der Waals surface area contributed by atoms with E-state index in [2.05, 4.69) is 10.3 Å². The number of methoxy groups -OCH3 is 1. The van der Waals surface area contributed by atoms with Gasteiger partial charge < -0.3 is 9.84 Å². The number of nitrogens with zero attached hydrogens (tertiary/aromatic N) is 1. The van der Waals surface area contributed by atoms with Crippen LogP contribution in [0.15, 0.2) is 57.8 Å². The van der Waals surface area contributed by atoms with Crippen molar-refractivity contribution in [2.45, 2.75) is 9.92 Å². The Morgan fingerprint density at radius 3 is 2.70 bits per heavy atom. The molecule has 0 aliphatic carbocycles. The van der Waals surface area contributed by atoms with Crippen LogP contribution in [-0.4, -0.2) is 31.5 Å². The smallest absolute Gasteiger partial charge is 0.257 e. The van der Waals surface area contributed by atoms with Crippen LogP contribution in [-0.2, 0) is 9.84 Å². The lowest BCUT2D eigenvalue weighted by Crippen LogP contribution is -2.12. The Balaban J connectivity index is 1.86. The number of hydrogen-bond acceptors (Lipinski definition) is 7. The molecule has 3 rings (SSSR count). The molecule has 0 bridgehead atoms. The van der Waals surface area contributed by atoms with Gasteiger partial charge in [0, 0.05) is 10.9 Å². The van der Waals surface area contributed by atoms with E-state index in [1.54, 1.807) is 12.1 Å². The number of aromatic nitrogens is 1. The number of para-hydroxylation sites is 1. The number of benzene rings is 2. The Morgan fingerprint density at radius 2 is 2.00 bits per heavy atom. The van der Waals surface area contributed by atoms with Crippen LogP contribution < -0.4 is 10.1 Å². The molecule has 0 unspecified atom stereocenters. The second-order valence-electron chi connectivity index (χ2n) is 5.27. The SMILES string of the molecule is COc1ccccc1S(=O)(=O)c1csc(NC(=O)c2ccc(O)c(Cl)c2)n1. The minimum atomic E-state index is -3.90. The molecule has 0 fully saturated rings. The molecule has 3 aromatic rings. The van der Waals surface area contributed by atoms with Gasteiger partial charge in [-0.3, -0.25) is 10.1 Å². The molecule has 27 heavy (non-hydrogen) atoms. The number of carbonyl (C=O) groups is 1. The summed E-state index contributed by atoms with van der Waals surface area (Å²) in [6, 6.07) is 10.2. The van der Waals surface area contributed by atoms with Crippen molar-refractivity contribution in [1.82, 2.24) is 4.98 Å². The predicted molar refractivity (Wildman–Crippen MR) is 102 cm³/mol. The second-order valence-corrected chi connectivity index (χ2v) is 8.40. The number of carbonyl (C=O) groups excluding carboxylic acids is 1. The summed E-state index contributed by atoms with van der Waals surface area (Å²) in [5, 5.41) is 13.2. The number of ether oxygens (including phenoxy) is 1. The van der Waals surface area contributed by atoms with Gasteiger partial charge in [0.05, 0.1) is 12.1 Å². The fourth-order valence-corrected chi connectivity index (χ4v) is 4.78. The van der Waals surface area contributed by atoms with E-state index in [4.69, 9.17) is 16.3 Å². The number of halogens is 1. The third-order valence-corrected chi connectivity index (χ3v) is 6.43. The fraction of sp³-hybridized carbons (Fsp3) is 0.0588. The van der Waals surface area contributed by atoms with Crippen molar-refractivity contribution >= 4 is 43.8 Å². The highest BCUT2D eigenvalue weighted by Crippen LogP contribution is 2.31. The van der Waals surface area contributed by atoms with Crippen molar-refractivity contribution in [3.63, 3.8) is 0 Å². The van der Waals surface area contributed by atoms with Crippen LogP contribution >= 0.6 is 22.9 Å². The minimum Gasteiger partial charge on any atom is -0.506 e. The summed E-state index contributed by atoms with van der Waals surface area (Å²) in [4.78, 5) is 16.2. The Labute approximate surface area is 164 Å². The second kappa shape index (κ2) is 7.55. The first kappa shape index (κ1) is 19.2. The molecule has 1 aromatic heterocycles. The largest absolute Gasteiger partial charge is 0.506 e. The standard InChI is InChI=1S/C17H13ClN2O5S2/c1-25-13-4-2-3-5-14(13)27(23,24)15-9-26-17(19-15)20-16(22)10-6-7-12(21)11(18)8-10/h2-9,21H,1H3,(H,19,20,22). The molecule has 0 saturated heterocycles. The Morgan fingerprint density at radius 1 is 1.26 bits per heavy atom. The monoisotopic (exact) mass is 424 g/mol. The number of nitrogens with one attached hydrogen (secondary N) is 1. The first-order valence-electron chi connectivity index (χ1n) is 7.46. The third-order valence-electron chi connectivity index (χ3n) is 3.55. The number of rotatable bonds is 5. The van der Waals surface area contributed by atoms with E-state index in [9.17, 15) is 18.3 Å². The van der Waals surface area contributed by atoms with Crippen molar-refractivity contribution in [3.8, 4) is 11.5 Å². The van der Waals surface area contributed by atoms with Crippen LogP contribution in [0.4, 0.5) is 5.13 Å². The molecule has 0 radical (unpaired) electrons. The van der Waals surface area contributed by atoms with Crippen LogP contribution in [0.3, 0.4) is 0 Å². The maximum atomic E-state index is 12.8. The summed E-state index contributed by atoms with van der Waals surface area (Å²) in [6.45, 7) is 0. The van der Waals surface area contributed by atoms with Crippen LogP contribution in [0.2, 0.25) is 5.02 Å². The zero-order valence-electron chi connectivity index (χ0n) is 13.8. The number of amides is 1. The average Bonchev–Trinajstić information content (AvgIpc) is 3.13. The first-order valence-corrected chi connectivity index (χ1v) is 10.2. The highest BCUT2D eigenvalue weighted by molar-refractivity contribution is 7.91. The van der Waals surface area contributed by atoms with Gasteiger partial charge in [0.1, 0.15) is 16.4 Å². The number of aromatic hydroxyl groups is 1. The lowest BCUT2D eigenvalue weighted by molar-refractivity contribution is 0.102.